The number of nitrogens with zero attached hydrogens (tertiary/aromatic N) is 1. The molecule has 1 aromatic carbocycles. The van der Waals surface area contributed by atoms with Crippen LogP contribution in [0, 0.1) is 0 Å². The zero-order valence-corrected chi connectivity index (χ0v) is 13.0. The van der Waals surface area contributed by atoms with Gasteiger partial charge in [0.15, 0.2) is 0 Å². The Morgan fingerprint density at radius 1 is 1.37 bits per heavy atom. The quantitative estimate of drug-likeness (QED) is 0.820. The number of ether oxygens (including phenoxy) is 1. The van der Waals surface area contributed by atoms with Gasteiger partial charge in [-0.2, -0.15) is 0 Å². The van der Waals surface area contributed by atoms with Crippen LogP contribution in [0.25, 0.3) is 0 Å². The first-order valence-electron chi connectivity index (χ1n) is 5.81. The van der Waals surface area contributed by atoms with Gasteiger partial charge < -0.3 is 10.1 Å². The van der Waals surface area contributed by atoms with Crippen LogP contribution < -0.4 is 10.1 Å². The summed E-state index contributed by atoms with van der Waals surface area (Å²) < 4.78 is 6.00. The molecular formula is C14H14BrClN2O. The summed E-state index contributed by atoms with van der Waals surface area (Å²) in [5.41, 5.74) is 2.05. The highest BCUT2D eigenvalue weighted by Gasteiger charge is 2.08. The van der Waals surface area contributed by atoms with Crippen LogP contribution in [-0.2, 0) is 0 Å². The molecule has 0 saturated heterocycles. The third-order valence-corrected chi connectivity index (χ3v) is 3.91. The van der Waals surface area contributed by atoms with E-state index in [1.165, 1.54) is 0 Å². The van der Waals surface area contributed by atoms with E-state index in [9.17, 15) is 0 Å². The fourth-order valence-corrected chi connectivity index (χ4v) is 2.20. The van der Waals surface area contributed by atoms with E-state index in [1.54, 1.807) is 13.3 Å². The van der Waals surface area contributed by atoms with E-state index < -0.39 is 0 Å². The summed E-state index contributed by atoms with van der Waals surface area (Å²) in [6.45, 7) is 2.08. The molecule has 0 aliphatic rings. The van der Waals surface area contributed by atoms with Gasteiger partial charge in [0.1, 0.15) is 10.9 Å². The van der Waals surface area contributed by atoms with Crippen LogP contribution in [0.2, 0.25) is 5.15 Å². The fourth-order valence-electron chi connectivity index (χ4n) is 1.74. The highest BCUT2D eigenvalue weighted by molar-refractivity contribution is 9.10. The average Bonchev–Trinajstić information content (AvgIpc) is 2.43. The molecule has 1 N–H and O–H groups in total. The molecule has 0 aliphatic carbocycles. The van der Waals surface area contributed by atoms with Gasteiger partial charge >= 0.3 is 0 Å². The Hall–Kier alpha value is -1.26. The molecule has 0 radical (unpaired) electrons. The number of methoxy groups -OCH3 is 1. The van der Waals surface area contributed by atoms with Crippen LogP contribution in [-0.4, -0.2) is 12.1 Å². The van der Waals surface area contributed by atoms with Crippen molar-refractivity contribution < 1.29 is 4.74 Å². The lowest BCUT2D eigenvalue weighted by atomic mass is 10.1. The molecule has 100 valence electrons. The molecule has 0 aliphatic heterocycles. The standard InChI is InChI=1S/C14H14BrClN2O/c1-9(10-4-3-5-12(6-10)19-2)18-11-7-13(15)14(16)17-8-11/h3-9,18H,1-2H3. The summed E-state index contributed by atoms with van der Waals surface area (Å²) in [6, 6.07) is 10.0. The van der Waals surface area contributed by atoms with Crippen molar-refractivity contribution in [2.45, 2.75) is 13.0 Å². The number of halogens is 2. The van der Waals surface area contributed by atoms with Crippen LogP contribution in [0.4, 0.5) is 5.69 Å². The minimum absolute atomic E-state index is 0.143. The molecule has 1 unspecified atom stereocenters. The molecule has 5 heteroatoms. The molecule has 1 atom stereocenters. The molecule has 0 spiro atoms. The summed E-state index contributed by atoms with van der Waals surface area (Å²) in [7, 11) is 1.66. The molecule has 19 heavy (non-hydrogen) atoms. The van der Waals surface area contributed by atoms with Gasteiger partial charge in [-0.05, 0) is 46.6 Å². The molecule has 1 heterocycles. The van der Waals surface area contributed by atoms with E-state index in [4.69, 9.17) is 16.3 Å². The summed E-state index contributed by atoms with van der Waals surface area (Å²) in [6.07, 6.45) is 1.71. The summed E-state index contributed by atoms with van der Waals surface area (Å²) >= 11 is 9.23. The Kier molecular flexibility index (Phi) is 4.66. The molecule has 3 nitrogen and oxygen atoms in total. The Balaban J connectivity index is 2.15. The van der Waals surface area contributed by atoms with Crippen molar-refractivity contribution in [1.82, 2.24) is 4.98 Å². The summed E-state index contributed by atoms with van der Waals surface area (Å²) in [5, 5.41) is 3.83. The van der Waals surface area contributed by atoms with Crippen molar-refractivity contribution in [2.24, 2.45) is 0 Å². The zero-order valence-electron chi connectivity index (χ0n) is 10.7. The topological polar surface area (TPSA) is 34.1 Å². The third-order valence-electron chi connectivity index (χ3n) is 2.77. The first-order valence-corrected chi connectivity index (χ1v) is 6.99. The van der Waals surface area contributed by atoms with Crippen molar-refractivity contribution in [3.63, 3.8) is 0 Å². The van der Waals surface area contributed by atoms with Gasteiger partial charge in [0.2, 0.25) is 0 Å². The number of anilines is 1. The minimum Gasteiger partial charge on any atom is -0.497 e. The second kappa shape index (κ2) is 6.26. The summed E-state index contributed by atoms with van der Waals surface area (Å²) in [4.78, 5) is 4.09. The smallest absolute Gasteiger partial charge is 0.143 e. The number of hydrogen-bond donors (Lipinski definition) is 1. The molecule has 2 rings (SSSR count). The number of hydrogen-bond acceptors (Lipinski definition) is 3. The van der Waals surface area contributed by atoms with Crippen molar-refractivity contribution in [1.29, 1.82) is 0 Å². The average molecular weight is 342 g/mol. The number of aromatic nitrogens is 1. The zero-order chi connectivity index (χ0) is 13.8. The van der Waals surface area contributed by atoms with Crippen molar-refractivity contribution in [3.8, 4) is 5.75 Å². The lowest BCUT2D eigenvalue weighted by Gasteiger charge is -2.16. The first-order chi connectivity index (χ1) is 9.10. The molecule has 0 fully saturated rings. The number of pyridine rings is 1. The van der Waals surface area contributed by atoms with Crippen LogP contribution in [0.5, 0.6) is 5.75 Å². The van der Waals surface area contributed by atoms with Gasteiger partial charge in [0.05, 0.1) is 23.5 Å². The Bertz CT molecular complexity index is 577. The molecule has 0 amide bonds. The normalized spacial score (nSPS) is 12.0. The first kappa shape index (κ1) is 14.2. The van der Waals surface area contributed by atoms with E-state index in [2.05, 4.69) is 39.2 Å². The van der Waals surface area contributed by atoms with Gasteiger partial charge in [-0.25, -0.2) is 4.98 Å². The SMILES string of the molecule is COc1cccc(C(C)Nc2cnc(Cl)c(Br)c2)c1. The van der Waals surface area contributed by atoms with E-state index in [1.807, 2.05) is 24.3 Å². The van der Waals surface area contributed by atoms with Crippen LogP contribution >= 0.6 is 27.5 Å². The molecule has 0 saturated carbocycles. The Labute approximate surface area is 126 Å². The van der Waals surface area contributed by atoms with Crippen molar-refractivity contribution in [3.05, 3.63) is 51.7 Å². The number of benzene rings is 1. The van der Waals surface area contributed by atoms with Gasteiger partial charge in [-0.1, -0.05) is 23.7 Å². The van der Waals surface area contributed by atoms with Crippen LogP contribution in [0.15, 0.2) is 41.0 Å². The monoisotopic (exact) mass is 340 g/mol. The molecule has 2 aromatic rings. The molecular weight excluding hydrogens is 328 g/mol. The van der Waals surface area contributed by atoms with Crippen molar-refractivity contribution >= 4 is 33.2 Å². The van der Waals surface area contributed by atoms with E-state index >= 15 is 0 Å². The minimum atomic E-state index is 0.143. The predicted octanol–water partition coefficient (Wildman–Crippen LogP) is 4.68. The Morgan fingerprint density at radius 2 is 2.16 bits per heavy atom. The van der Waals surface area contributed by atoms with E-state index in [-0.39, 0.29) is 6.04 Å². The molecule has 1 aromatic heterocycles. The molecule has 0 bridgehead atoms. The highest BCUT2D eigenvalue weighted by atomic mass is 79.9. The maximum absolute atomic E-state index is 5.87. The fraction of sp³-hybridized carbons (Fsp3) is 0.214. The van der Waals surface area contributed by atoms with Gasteiger partial charge in [-0.3, -0.25) is 0 Å². The Morgan fingerprint density at radius 3 is 2.84 bits per heavy atom. The second-order valence-electron chi connectivity index (χ2n) is 4.14. The maximum atomic E-state index is 5.87. The number of nitrogens with one attached hydrogen (secondary N) is 1. The van der Waals surface area contributed by atoms with Crippen molar-refractivity contribution in [2.75, 3.05) is 12.4 Å². The lowest BCUT2D eigenvalue weighted by Crippen LogP contribution is -2.07. The van der Waals surface area contributed by atoms with Gasteiger partial charge in [0, 0.05) is 6.04 Å². The van der Waals surface area contributed by atoms with Gasteiger partial charge in [0.25, 0.3) is 0 Å². The van der Waals surface area contributed by atoms with Crippen LogP contribution in [0.1, 0.15) is 18.5 Å². The highest BCUT2D eigenvalue weighted by Crippen LogP contribution is 2.26. The largest absolute Gasteiger partial charge is 0.497 e. The van der Waals surface area contributed by atoms with Gasteiger partial charge in [-0.15, -0.1) is 0 Å². The van der Waals surface area contributed by atoms with Crippen LogP contribution in [0.3, 0.4) is 0 Å². The second-order valence-corrected chi connectivity index (χ2v) is 5.35. The summed E-state index contributed by atoms with van der Waals surface area (Å²) in [5.74, 6) is 0.849. The van der Waals surface area contributed by atoms with E-state index in [0.717, 1.165) is 21.5 Å². The maximum Gasteiger partial charge on any atom is 0.143 e. The lowest BCUT2D eigenvalue weighted by molar-refractivity contribution is 0.414. The third kappa shape index (κ3) is 3.61. The predicted molar refractivity (Wildman–Crippen MR) is 82.0 cm³/mol. The van der Waals surface area contributed by atoms with E-state index in [0.29, 0.717) is 5.15 Å². The number of rotatable bonds is 4.